The molecule has 0 fully saturated rings. The number of halogens is 1. The van der Waals surface area contributed by atoms with E-state index in [0.717, 1.165) is 11.1 Å². The van der Waals surface area contributed by atoms with Crippen LogP contribution in [-0.2, 0) is 19.1 Å². The summed E-state index contributed by atoms with van der Waals surface area (Å²) < 4.78 is 5.51. The zero-order chi connectivity index (χ0) is 22.1. The molecule has 158 valence electrons. The predicted molar refractivity (Wildman–Crippen MR) is 115 cm³/mol. The zero-order valence-corrected chi connectivity index (χ0v) is 18.2. The molecular formula is C21H22BrN3O5. The van der Waals surface area contributed by atoms with E-state index in [1.807, 2.05) is 19.9 Å². The fraction of sp³-hybridized carbons (Fsp3) is 0.238. The Morgan fingerprint density at radius 2 is 1.57 bits per heavy atom. The molecule has 0 aliphatic carbocycles. The summed E-state index contributed by atoms with van der Waals surface area (Å²) in [6.45, 7) is 2.54. The highest BCUT2D eigenvalue weighted by Gasteiger charge is 2.12. The number of benzene rings is 2. The fourth-order valence-corrected chi connectivity index (χ4v) is 2.93. The second kappa shape index (κ2) is 11.1. The molecule has 0 radical (unpaired) electrons. The van der Waals surface area contributed by atoms with E-state index in [-0.39, 0.29) is 13.1 Å². The number of nitrogens with one attached hydrogen (secondary N) is 3. The van der Waals surface area contributed by atoms with Crippen molar-refractivity contribution in [2.45, 2.75) is 13.8 Å². The van der Waals surface area contributed by atoms with Crippen molar-refractivity contribution in [3.63, 3.8) is 0 Å². The number of carbonyl (C=O) groups is 4. The van der Waals surface area contributed by atoms with E-state index in [1.165, 1.54) is 0 Å². The van der Waals surface area contributed by atoms with Crippen LogP contribution >= 0.6 is 15.9 Å². The molecule has 0 heterocycles. The minimum Gasteiger partial charge on any atom is -0.454 e. The van der Waals surface area contributed by atoms with Crippen LogP contribution in [0.5, 0.6) is 0 Å². The van der Waals surface area contributed by atoms with E-state index < -0.39 is 30.3 Å². The van der Waals surface area contributed by atoms with Crippen molar-refractivity contribution in [3.8, 4) is 0 Å². The minimum absolute atomic E-state index is 0.277. The van der Waals surface area contributed by atoms with Crippen LogP contribution in [0.4, 0.5) is 5.69 Å². The van der Waals surface area contributed by atoms with Crippen LogP contribution in [0.25, 0.3) is 0 Å². The SMILES string of the molecule is Cc1cc(C)cc(C(=O)NCC(=O)OCC(=O)NCC(=O)Nc2ccccc2Br)c1. The van der Waals surface area contributed by atoms with Crippen LogP contribution in [0, 0.1) is 13.8 Å². The van der Waals surface area contributed by atoms with E-state index in [1.54, 1.807) is 36.4 Å². The number of hydrogen-bond donors (Lipinski definition) is 3. The van der Waals surface area contributed by atoms with E-state index in [9.17, 15) is 19.2 Å². The van der Waals surface area contributed by atoms with Gasteiger partial charge < -0.3 is 20.7 Å². The van der Waals surface area contributed by atoms with Gasteiger partial charge in [-0.2, -0.15) is 0 Å². The highest BCUT2D eigenvalue weighted by Crippen LogP contribution is 2.20. The summed E-state index contributed by atoms with van der Waals surface area (Å²) in [7, 11) is 0. The predicted octanol–water partition coefficient (Wildman–Crippen LogP) is 2.09. The summed E-state index contributed by atoms with van der Waals surface area (Å²) in [5, 5.41) is 7.43. The highest BCUT2D eigenvalue weighted by atomic mass is 79.9. The number of amides is 3. The monoisotopic (exact) mass is 475 g/mol. The third-order valence-corrected chi connectivity index (χ3v) is 4.53. The topological polar surface area (TPSA) is 114 Å². The molecule has 8 nitrogen and oxygen atoms in total. The van der Waals surface area contributed by atoms with Gasteiger partial charge in [0, 0.05) is 10.0 Å². The Labute approximate surface area is 182 Å². The molecular weight excluding hydrogens is 454 g/mol. The third-order valence-electron chi connectivity index (χ3n) is 3.84. The number of ether oxygens (including phenoxy) is 1. The van der Waals surface area contributed by atoms with E-state index >= 15 is 0 Å². The van der Waals surface area contributed by atoms with Gasteiger partial charge in [0.1, 0.15) is 6.54 Å². The maximum atomic E-state index is 12.1. The summed E-state index contributed by atoms with van der Waals surface area (Å²) in [4.78, 5) is 47.4. The number of anilines is 1. The molecule has 2 aromatic carbocycles. The second-order valence-electron chi connectivity index (χ2n) is 6.52. The lowest BCUT2D eigenvalue weighted by Crippen LogP contribution is -2.37. The molecule has 0 spiro atoms. The Morgan fingerprint density at radius 3 is 2.23 bits per heavy atom. The number of esters is 1. The summed E-state index contributed by atoms with van der Waals surface area (Å²) in [5.74, 6) is -2.24. The quantitative estimate of drug-likeness (QED) is 0.505. The Kier molecular flexibility index (Phi) is 8.54. The molecule has 2 aromatic rings. The summed E-state index contributed by atoms with van der Waals surface area (Å²) in [6, 6.07) is 12.4. The molecule has 0 aliphatic rings. The molecule has 2 rings (SSSR count). The number of carbonyl (C=O) groups excluding carboxylic acids is 4. The molecule has 0 aliphatic heterocycles. The van der Waals surface area contributed by atoms with Gasteiger partial charge in [-0.25, -0.2) is 0 Å². The number of para-hydroxylation sites is 1. The van der Waals surface area contributed by atoms with Crippen LogP contribution in [0.3, 0.4) is 0 Å². The van der Waals surface area contributed by atoms with Crippen LogP contribution in [-0.4, -0.2) is 43.4 Å². The van der Waals surface area contributed by atoms with Gasteiger partial charge in [-0.15, -0.1) is 0 Å². The lowest BCUT2D eigenvalue weighted by Gasteiger charge is -2.09. The Bertz CT molecular complexity index is 941. The molecule has 0 saturated heterocycles. The fourth-order valence-electron chi connectivity index (χ4n) is 2.54. The Hall–Kier alpha value is -3.20. The molecule has 3 amide bonds. The first-order chi connectivity index (χ1) is 14.2. The summed E-state index contributed by atoms with van der Waals surface area (Å²) in [6.07, 6.45) is 0. The maximum absolute atomic E-state index is 12.1. The first-order valence-corrected chi connectivity index (χ1v) is 9.87. The van der Waals surface area contributed by atoms with Crippen molar-refractivity contribution in [1.29, 1.82) is 0 Å². The largest absolute Gasteiger partial charge is 0.454 e. The molecule has 0 atom stereocenters. The first-order valence-electron chi connectivity index (χ1n) is 9.08. The normalized spacial score (nSPS) is 10.1. The van der Waals surface area contributed by atoms with Crippen molar-refractivity contribution < 1.29 is 23.9 Å². The van der Waals surface area contributed by atoms with Gasteiger partial charge in [-0.3, -0.25) is 19.2 Å². The minimum atomic E-state index is -0.763. The van der Waals surface area contributed by atoms with E-state index in [2.05, 4.69) is 31.9 Å². The van der Waals surface area contributed by atoms with Gasteiger partial charge in [0.2, 0.25) is 5.91 Å². The molecule has 0 bridgehead atoms. The smallest absolute Gasteiger partial charge is 0.325 e. The molecule has 30 heavy (non-hydrogen) atoms. The Morgan fingerprint density at radius 1 is 0.900 bits per heavy atom. The molecule has 0 saturated carbocycles. The van der Waals surface area contributed by atoms with Crippen LogP contribution < -0.4 is 16.0 Å². The van der Waals surface area contributed by atoms with Crippen molar-refractivity contribution in [3.05, 3.63) is 63.6 Å². The lowest BCUT2D eigenvalue weighted by molar-refractivity contribution is -0.147. The van der Waals surface area contributed by atoms with Crippen molar-refractivity contribution >= 4 is 45.3 Å². The summed E-state index contributed by atoms with van der Waals surface area (Å²) in [5.41, 5.74) is 2.88. The molecule has 0 aromatic heterocycles. The van der Waals surface area contributed by atoms with Crippen molar-refractivity contribution in [1.82, 2.24) is 10.6 Å². The zero-order valence-electron chi connectivity index (χ0n) is 16.6. The molecule has 3 N–H and O–H groups in total. The van der Waals surface area contributed by atoms with Gasteiger partial charge in [0.25, 0.3) is 11.8 Å². The van der Waals surface area contributed by atoms with Crippen molar-refractivity contribution in [2.24, 2.45) is 0 Å². The number of hydrogen-bond acceptors (Lipinski definition) is 5. The van der Waals surface area contributed by atoms with Crippen LogP contribution in [0.2, 0.25) is 0 Å². The van der Waals surface area contributed by atoms with Gasteiger partial charge in [0.05, 0.1) is 12.2 Å². The Balaban J connectivity index is 1.67. The molecule has 0 unspecified atom stereocenters. The van der Waals surface area contributed by atoms with Gasteiger partial charge in [0.15, 0.2) is 6.61 Å². The third kappa shape index (κ3) is 7.67. The van der Waals surface area contributed by atoms with Gasteiger partial charge in [-0.1, -0.05) is 29.3 Å². The maximum Gasteiger partial charge on any atom is 0.325 e. The number of aryl methyl sites for hydroxylation is 2. The number of rotatable bonds is 8. The van der Waals surface area contributed by atoms with Gasteiger partial charge >= 0.3 is 5.97 Å². The van der Waals surface area contributed by atoms with Crippen LogP contribution in [0.1, 0.15) is 21.5 Å². The van der Waals surface area contributed by atoms with E-state index in [0.29, 0.717) is 15.7 Å². The average molecular weight is 476 g/mol. The lowest BCUT2D eigenvalue weighted by atomic mass is 10.1. The van der Waals surface area contributed by atoms with Gasteiger partial charge in [-0.05, 0) is 54.0 Å². The first kappa shape index (κ1) is 23.1. The van der Waals surface area contributed by atoms with E-state index in [4.69, 9.17) is 4.74 Å². The van der Waals surface area contributed by atoms with Crippen LogP contribution in [0.15, 0.2) is 46.9 Å². The average Bonchev–Trinajstić information content (AvgIpc) is 2.69. The molecule has 9 heteroatoms. The summed E-state index contributed by atoms with van der Waals surface area (Å²) >= 11 is 3.30. The standard InChI is InChI=1S/C21H22BrN3O5/c1-13-7-14(2)9-15(8-13)21(29)24-11-20(28)30-12-19(27)23-10-18(26)25-17-6-4-3-5-16(17)22/h3-9H,10-12H2,1-2H3,(H,23,27)(H,24,29)(H,25,26). The highest BCUT2D eigenvalue weighted by molar-refractivity contribution is 9.10. The second-order valence-corrected chi connectivity index (χ2v) is 7.38. The van der Waals surface area contributed by atoms with Crippen molar-refractivity contribution in [2.75, 3.05) is 25.0 Å².